The van der Waals surface area contributed by atoms with Gasteiger partial charge in [-0.15, -0.1) is 10.2 Å². The van der Waals surface area contributed by atoms with E-state index in [1.54, 1.807) is 0 Å². The first-order valence-electron chi connectivity index (χ1n) is 11.9. The van der Waals surface area contributed by atoms with Crippen LogP contribution in [0.4, 0.5) is 0 Å². The molecule has 1 fully saturated rings. The summed E-state index contributed by atoms with van der Waals surface area (Å²) in [6.07, 6.45) is 1.65. The van der Waals surface area contributed by atoms with Crippen molar-refractivity contribution < 1.29 is 9.53 Å². The van der Waals surface area contributed by atoms with E-state index in [1.165, 1.54) is 11.1 Å². The highest BCUT2D eigenvalue weighted by Gasteiger charge is 2.25. The van der Waals surface area contributed by atoms with Gasteiger partial charge in [-0.1, -0.05) is 60.7 Å². The molecule has 1 saturated heterocycles. The standard InChI is InChI=1S/C26H31N5O2/c32-26(22-12-16-33-19-22)27-17-25-29-28-24-11-13-30(14-15-31(24)25)18-23(20-7-3-1-4-8-20)21-9-5-2-6-10-21/h1-10,22-23H,11-19H2,(H,27,32)/t22-/m1/s1. The van der Waals surface area contributed by atoms with Gasteiger partial charge in [-0.3, -0.25) is 4.79 Å². The normalized spacial score (nSPS) is 18.8. The smallest absolute Gasteiger partial charge is 0.225 e. The molecule has 0 aliphatic carbocycles. The van der Waals surface area contributed by atoms with Crippen LogP contribution in [0.3, 0.4) is 0 Å². The second-order valence-corrected chi connectivity index (χ2v) is 8.89. The Bertz CT molecular complexity index is 1010. The molecule has 3 heterocycles. The number of carbonyl (C=O) groups excluding carboxylic acids is 1. The van der Waals surface area contributed by atoms with Gasteiger partial charge in [0.15, 0.2) is 5.82 Å². The topological polar surface area (TPSA) is 72.3 Å². The number of amides is 1. The lowest BCUT2D eigenvalue weighted by atomic mass is 9.90. The molecule has 33 heavy (non-hydrogen) atoms. The van der Waals surface area contributed by atoms with E-state index in [9.17, 15) is 4.79 Å². The summed E-state index contributed by atoms with van der Waals surface area (Å²) >= 11 is 0. The molecule has 0 saturated carbocycles. The van der Waals surface area contributed by atoms with Gasteiger partial charge < -0.3 is 19.5 Å². The predicted molar refractivity (Wildman–Crippen MR) is 126 cm³/mol. The predicted octanol–water partition coefficient (Wildman–Crippen LogP) is 2.62. The maximum Gasteiger partial charge on any atom is 0.225 e. The van der Waals surface area contributed by atoms with Crippen LogP contribution < -0.4 is 5.32 Å². The number of ether oxygens (including phenoxy) is 1. The van der Waals surface area contributed by atoms with Crippen molar-refractivity contribution in [2.45, 2.75) is 31.8 Å². The quantitative estimate of drug-likeness (QED) is 0.605. The number of hydrogen-bond donors (Lipinski definition) is 1. The summed E-state index contributed by atoms with van der Waals surface area (Å²) in [5, 5.41) is 11.8. The van der Waals surface area contributed by atoms with Gasteiger partial charge in [-0.2, -0.15) is 0 Å². The number of rotatable bonds is 7. The molecular formula is C26H31N5O2. The Hall–Kier alpha value is -3.03. The Kier molecular flexibility index (Phi) is 6.79. The van der Waals surface area contributed by atoms with Gasteiger partial charge in [0.2, 0.25) is 5.91 Å². The third kappa shape index (κ3) is 5.15. The number of carbonyl (C=O) groups is 1. The zero-order chi connectivity index (χ0) is 22.5. The van der Waals surface area contributed by atoms with Gasteiger partial charge in [0.05, 0.1) is 19.1 Å². The first kappa shape index (κ1) is 21.8. The van der Waals surface area contributed by atoms with Gasteiger partial charge in [0.1, 0.15) is 5.82 Å². The monoisotopic (exact) mass is 445 g/mol. The first-order valence-corrected chi connectivity index (χ1v) is 11.9. The van der Waals surface area contributed by atoms with E-state index >= 15 is 0 Å². The molecule has 0 spiro atoms. The fourth-order valence-corrected chi connectivity index (χ4v) is 4.82. The minimum Gasteiger partial charge on any atom is -0.381 e. The molecule has 7 heteroatoms. The fourth-order valence-electron chi connectivity index (χ4n) is 4.82. The molecule has 0 bridgehead atoms. The second-order valence-electron chi connectivity index (χ2n) is 8.89. The summed E-state index contributed by atoms with van der Waals surface area (Å²) in [5.41, 5.74) is 2.68. The summed E-state index contributed by atoms with van der Waals surface area (Å²) in [6.45, 7) is 5.26. The van der Waals surface area contributed by atoms with Gasteiger partial charge in [0, 0.05) is 45.1 Å². The second kappa shape index (κ2) is 10.3. The van der Waals surface area contributed by atoms with Crippen molar-refractivity contribution in [2.24, 2.45) is 5.92 Å². The summed E-state index contributed by atoms with van der Waals surface area (Å²) in [6, 6.07) is 21.5. The number of aromatic nitrogens is 3. The van der Waals surface area contributed by atoms with E-state index in [-0.39, 0.29) is 11.8 Å². The molecule has 0 radical (unpaired) electrons. The van der Waals surface area contributed by atoms with Crippen LogP contribution >= 0.6 is 0 Å². The van der Waals surface area contributed by atoms with Crippen LogP contribution in [0.25, 0.3) is 0 Å². The van der Waals surface area contributed by atoms with Crippen LogP contribution in [-0.2, 0) is 29.0 Å². The SMILES string of the molecule is O=C(NCc1nnc2n1CCN(CC(c1ccccc1)c1ccccc1)CC2)[C@@H]1CCOC1. The van der Waals surface area contributed by atoms with Crippen LogP contribution in [0.2, 0.25) is 0 Å². The highest BCUT2D eigenvalue weighted by atomic mass is 16.5. The molecule has 5 rings (SSSR count). The van der Waals surface area contributed by atoms with Crippen molar-refractivity contribution in [2.75, 3.05) is 32.8 Å². The molecule has 7 nitrogen and oxygen atoms in total. The van der Waals surface area contributed by atoms with Crippen LogP contribution in [0, 0.1) is 5.92 Å². The molecule has 1 N–H and O–H groups in total. The zero-order valence-corrected chi connectivity index (χ0v) is 18.9. The maximum absolute atomic E-state index is 12.4. The minimum atomic E-state index is -0.0417. The van der Waals surface area contributed by atoms with E-state index < -0.39 is 0 Å². The molecule has 172 valence electrons. The summed E-state index contributed by atoms with van der Waals surface area (Å²) in [7, 11) is 0. The molecule has 3 aromatic rings. The molecule has 1 aromatic heterocycles. The van der Waals surface area contributed by atoms with Crippen LogP contribution in [0.15, 0.2) is 60.7 Å². The van der Waals surface area contributed by atoms with E-state index in [0.29, 0.717) is 25.7 Å². The van der Waals surface area contributed by atoms with Gasteiger partial charge in [-0.25, -0.2) is 0 Å². The third-order valence-corrected chi connectivity index (χ3v) is 6.76. The van der Waals surface area contributed by atoms with Crippen molar-refractivity contribution in [3.63, 3.8) is 0 Å². The average Bonchev–Trinajstić information content (AvgIpc) is 3.49. The Morgan fingerprint density at radius 1 is 1.00 bits per heavy atom. The molecule has 1 amide bonds. The van der Waals surface area contributed by atoms with Crippen molar-refractivity contribution in [3.05, 3.63) is 83.4 Å². The highest BCUT2D eigenvalue weighted by Crippen LogP contribution is 2.26. The maximum atomic E-state index is 12.4. The van der Waals surface area contributed by atoms with Crippen LogP contribution in [-0.4, -0.2) is 58.4 Å². The van der Waals surface area contributed by atoms with Crippen molar-refractivity contribution >= 4 is 5.91 Å². The van der Waals surface area contributed by atoms with Crippen LogP contribution in [0.5, 0.6) is 0 Å². The lowest BCUT2D eigenvalue weighted by Crippen LogP contribution is -2.33. The lowest BCUT2D eigenvalue weighted by molar-refractivity contribution is -0.125. The summed E-state index contributed by atoms with van der Waals surface area (Å²) in [4.78, 5) is 14.9. The zero-order valence-electron chi connectivity index (χ0n) is 18.9. The lowest BCUT2D eigenvalue weighted by Gasteiger charge is -2.27. The molecular weight excluding hydrogens is 414 g/mol. The molecule has 2 aliphatic heterocycles. The molecule has 2 aliphatic rings. The number of benzene rings is 2. The average molecular weight is 446 g/mol. The third-order valence-electron chi connectivity index (χ3n) is 6.76. The van der Waals surface area contributed by atoms with E-state index in [0.717, 1.165) is 50.7 Å². The summed E-state index contributed by atoms with van der Waals surface area (Å²) < 4.78 is 7.52. The van der Waals surface area contributed by atoms with Crippen molar-refractivity contribution in [3.8, 4) is 0 Å². The minimum absolute atomic E-state index is 0.0417. The summed E-state index contributed by atoms with van der Waals surface area (Å²) in [5.74, 6) is 2.17. The largest absolute Gasteiger partial charge is 0.381 e. The Morgan fingerprint density at radius 3 is 2.39 bits per heavy atom. The fraction of sp³-hybridized carbons (Fsp3) is 0.423. The number of nitrogens with zero attached hydrogens (tertiary/aromatic N) is 4. The Morgan fingerprint density at radius 2 is 1.73 bits per heavy atom. The van der Waals surface area contributed by atoms with E-state index in [4.69, 9.17) is 4.74 Å². The van der Waals surface area contributed by atoms with E-state index in [1.807, 2.05) is 0 Å². The molecule has 0 unspecified atom stereocenters. The molecule has 1 atom stereocenters. The number of hydrogen-bond acceptors (Lipinski definition) is 5. The molecule has 2 aromatic carbocycles. The van der Waals surface area contributed by atoms with Gasteiger partial charge >= 0.3 is 0 Å². The van der Waals surface area contributed by atoms with Gasteiger partial charge in [-0.05, 0) is 17.5 Å². The Labute approximate surface area is 194 Å². The number of nitrogens with one attached hydrogen (secondary N) is 1. The first-order chi connectivity index (χ1) is 16.3. The number of fused-ring (bicyclic) bond motifs is 1. The van der Waals surface area contributed by atoms with Crippen LogP contribution in [0.1, 0.15) is 35.1 Å². The van der Waals surface area contributed by atoms with Crippen molar-refractivity contribution in [1.82, 2.24) is 25.0 Å². The van der Waals surface area contributed by atoms with Crippen molar-refractivity contribution in [1.29, 1.82) is 0 Å². The van der Waals surface area contributed by atoms with E-state index in [2.05, 4.69) is 85.6 Å². The Balaban J connectivity index is 1.25. The van der Waals surface area contributed by atoms with Gasteiger partial charge in [0.25, 0.3) is 0 Å². The highest BCUT2D eigenvalue weighted by molar-refractivity contribution is 5.78.